The number of hydrogen-bond acceptors (Lipinski definition) is 6. The lowest BCUT2D eigenvalue weighted by atomic mass is 10.1. The van der Waals surface area contributed by atoms with E-state index in [1.54, 1.807) is 18.0 Å². The first kappa shape index (κ1) is 18.4. The number of rotatable bonds is 8. The summed E-state index contributed by atoms with van der Waals surface area (Å²) in [7, 11) is 1.60. The zero-order chi connectivity index (χ0) is 19.1. The van der Waals surface area contributed by atoms with E-state index in [0.29, 0.717) is 36.3 Å². The molecule has 1 amide bonds. The van der Waals surface area contributed by atoms with Gasteiger partial charge in [0, 0.05) is 37.1 Å². The molecule has 0 fully saturated rings. The fourth-order valence-corrected chi connectivity index (χ4v) is 2.64. The van der Waals surface area contributed by atoms with Crippen molar-refractivity contribution in [1.29, 1.82) is 0 Å². The molecule has 0 saturated heterocycles. The molecule has 140 valence electrons. The van der Waals surface area contributed by atoms with Crippen LogP contribution in [0.3, 0.4) is 0 Å². The Balaban J connectivity index is 1.49. The summed E-state index contributed by atoms with van der Waals surface area (Å²) in [6.45, 7) is 2.86. The number of nitrogens with zero attached hydrogens (tertiary/aromatic N) is 4. The molecule has 0 bridgehead atoms. The van der Waals surface area contributed by atoms with E-state index in [0.717, 1.165) is 5.56 Å². The number of carbonyl (C=O) groups excluding carboxylic acids is 1. The molecular formula is C19H22N6O2. The Hall–Kier alpha value is -3.42. The number of aromatic nitrogens is 4. The maximum Gasteiger partial charge on any atom is 0.224 e. The van der Waals surface area contributed by atoms with Crippen LogP contribution in [0.25, 0.3) is 5.82 Å². The Kier molecular flexibility index (Phi) is 5.98. The van der Waals surface area contributed by atoms with Gasteiger partial charge in [-0.15, -0.1) is 0 Å². The number of benzene rings is 1. The summed E-state index contributed by atoms with van der Waals surface area (Å²) in [5, 5.41) is 10.3. The molecule has 3 rings (SSSR count). The van der Waals surface area contributed by atoms with Crippen molar-refractivity contribution in [1.82, 2.24) is 25.1 Å². The molecule has 1 aromatic carbocycles. The Morgan fingerprint density at radius 1 is 1.19 bits per heavy atom. The third-order valence-corrected chi connectivity index (χ3v) is 3.86. The van der Waals surface area contributed by atoms with Crippen molar-refractivity contribution in [3.8, 4) is 11.6 Å². The number of hydrogen-bond donors (Lipinski definition) is 2. The monoisotopic (exact) mass is 366 g/mol. The fraction of sp³-hybridized carbons (Fsp3) is 0.263. The first-order valence-corrected chi connectivity index (χ1v) is 8.64. The van der Waals surface area contributed by atoms with Crippen LogP contribution in [0.4, 0.5) is 5.82 Å². The third-order valence-electron chi connectivity index (χ3n) is 3.86. The predicted molar refractivity (Wildman–Crippen MR) is 102 cm³/mol. The van der Waals surface area contributed by atoms with Crippen molar-refractivity contribution >= 4 is 11.7 Å². The highest BCUT2D eigenvalue weighted by atomic mass is 16.5. The minimum atomic E-state index is -0.0580. The molecule has 27 heavy (non-hydrogen) atoms. The van der Waals surface area contributed by atoms with Gasteiger partial charge in [-0.05, 0) is 19.1 Å². The normalized spacial score (nSPS) is 10.4. The zero-order valence-electron chi connectivity index (χ0n) is 15.3. The van der Waals surface area contributed by atoms with Gasteiger partial charge in [-0.3, -0.25) is 4.79 Å². The maximum absolute atomic E-state index is 12.1. The molecule has 0 radical (unpaired) electrons. The molecule has 0 aliphatic carbocycles. The van der Waals surface area contributed by atoms with Crippen molar-refractivity contribution in [3.63, 3.8) is 0 Å². The molecule has 0 spiro atoms. The van der Waals surface area contributed by atoms with E-state index < -0.39 is 0 Å². The van der Waals surface area contributed by atoms with Gasteiger partial charge < -0.3 is 15.4 Å². The molecule has 0 atom stereocenters. The molecule has 8 heteroatoms. The van der Waals surface area contributed by atoms with Gasteiger partial charge in [-0.1, -0.05) is 18.2 Å². The van der Waals surface area contributed by atoms with Crippen LogP contribution in [-0.2, 0) is 11.2 Å². The summed E-state index contributed by atoms with van der Waals surface area (Å²) < 4.78 is 6.94. The van der Waals surface area contributed by atoms with Crippen molar-refractivity contribution < 1.29 is 9.53 Å². The number of methoxy groups -OCH3 is 1. The summed E-state index contributed by atoms with van der Waals surface area (Å²) >= 11 is 0. The number of amides is 1. The fourth-order valence-electron chi connectivity index (χ4n) is 2.64. The minimum Gasteiger partial charge on any atom is -0.496 e. The standard InChI is InChI=1S/C19H22N6O2/c1-14-23-17(13-18(24-14)25-11-5-8-22-25)20-9-10-21-19(26)12-15-6-3-4-7-16(15)27-2/h3-8,11,13H,9-10,12H2,1-2H3,(H,21,26)(H,20,23,24). The van der Waals surface area contributed by atoms with Crippen LogP contribution in [-0.4, -0.2) is 45.9 Å². The van der Waals surface area contributed by atoms with E-state index in [2.05, 4.69) is 25.7 Å². The molecule has 2 aromatic heterocycles. The van der Waals surface area contributed by atoms with E-state index in [9.17, 15) is 4.79 Å². The van der Waals surface area contributed by atoms with Gasteiger partial charge in [-0.2, -0.15) is 5.10 Å². The van der Waals surface area contributed by atoms with Crippen molar-refractivity contribution in [2.45, 2.75) is 13.3 Å². The van der Waals surface area contributed by atoms with E-state index >= 15 is 0 Å². The Morgan fingerprint density at radius 2 is 2.04 bits per heavy atom. The number of ether oxygens (including phenoxy) is 1. The number of nitrogens with one attached hydrogen (secondary N) is 2. The highest BCUT2D eigenvalue weighted by molar-refractivity contribution is 5.79. The van der Waals surface area contributed by atoms with E-state index in [-0.39, 0.29) is 12.3 Å². The topological polar surface area (TPSA) is 94.0 Å². The second-order valence-electron chi connectivity index (χ2n) is 5.87. The third kappa shape index (κ3) is 5.04. The molecule has 2 heterocycles. The summed E-state index contributed by atoms with van der Waals surface area (Å²) in [4.78, 5) is 20.8. The predicted octanol–water partition coefficient (Wildman–Crippen LogP) is 1.75. The molecule has 8 nitrogen and oxygen atoms in total. The van der Waals surface area contributed by atoms with Gasteiger partial charge in [0.15, 0.2) is 5.82 Å². The van der Waals surface area contributed by atoms with Crippen molar-refractivity contribution in [3.05, 3.63) is 60.2 Å². The van der Waals surface area contributed by atoms with Gasteiger partial charge in [0.2, 0.25) is 5.91 Å². The van der Waals surface area contributed by atoms with E-state index in [4.69, 9.17) is 4.74 Å². The second-order valence-corrected chi connectivity index (χ2v) is 5.87. The molecule has 0 aliphatic heterocycles. The largest absolute Gasteiger partial charge is 0.496 e. The molecule has 0 unspecified atom stereocenters. The van der Waals surface area contributed by atoms with Crippen molar-refractivity contribution in [2.24, 2.45) is 0 Å². The average Bonchev–Trinajstić information content (AvgIpc) is 3.20. The van der Waals surface area contributed by atoms with Gasteiger partial charge in [0.25, 0.3) is 0 Å². The lowest BCUT2D eigenvalue weighted by Crippen LogP contribution is -2.30. The highest BCUT2D eigenvalue weighted by Gasteiger charge is 2.08. The van der Waals surface area contributed by atoms with E-state index in [1.807, 2.05) is 49.5 Å². The molecular weight excluding hydrogens is 344 g/mol. The van der Waals surface area contributed by atoms with Gasteiger partial charge in [0.1, 0.15) is 17.4 Å². The number of carbonyl (C=O) groups is 1. The van der Waals surface area contributed by atoms with Crippen LogP contribution in [0.15, 0.2) is 48.8 Å². The quantitative estimate of drug-likeness (QED) is 0.590. The Morgan fingerprint density at radius 3 is 2.81 bits per heavy atom. The smallest absolute Gasteiger partial charge is 0.224 e. The molecule has 3 aromatic rings. The first-order chi connectivity index (χ1) is 13.2. The van der Waals surface area contributed by atoms with Gasteiger partial charge >= 0.3 is 0 Å². The maximum atomic E-state index is 12.1. The number of anilines is 1. The van der Waals surface area contributed by atoms with E-state index in [1.165, 1.54) is 0 Å². The molecule has 0 saturated carbocycles. The van der Waals surface area contributed by atoms with Crippen LogP contribution in [0.5, 0.6) is 5.75 Å². The zero-order valence-corrected chi connectivity index (χ0v) is 15.3. The molecule has 0 aliphatic rings. The minimum absolute atomic E-state index is 0.0580. The lowest BCUT2D eigenvalue weighted by molar-refractivity contribution is -0.120. The van der Waals surface area contributed by atoms with Gasteiger partial charge in [0.05, 0.1) is 13.5 Å². The molecule has 2 N–H and O–H groups in total. The van der Waals surface area contributed by atoms with Crippen LogP contribution >= 0.6 is 0 Å². The second kappa shape index (κ2) is 8.79. The summed E-state index contributed by atoms with van der Waals surface area (Å²) in [6.07, 6.45) is 3.80. The average molecular weight is 366 g/mol. The number of para-hydroxylation sites is 1. The highest BCUT2D eigenvalue weighted by Crippen LogP contribution is 2.17. The Bertz CT molecular complexity index is 895. The number of aryl methyl sites for hydroxylation is 1. The van der Waals surface area contributed by atoms with Crippen LogP contribution in [0.1, 0.15) is 11.4 Å². The SMILES string of the molecule is COc1ccccc1CC(=O)NCCNc1cc(-n2cccn2)nc(C)n1. The van der Waals surface area contributed by atoms with Crippen LogP contribution in [0, 0.1) is 6.92 Å². The van der Waals surface area contributed by atoms with Crippen LogP contribution in [0.2, 0.25) is 0 Å². The summed E-state index contributed by atoms with van der Waals surface area (Å²) in [5.74, 6) is 2.68. The summed E-state index contributed by atoms with van der Waals surface area (Å²) in [6, 6.07) is 11.2. The Labute approximate surface area is 157 Å². The lowest BCUT2D eigenvalue weighted by Gasteiger charge is -2.10. The van der Waals surface area contributed by atoms with Crippen LogP contribution < -0.4 is 15.4 Å². The summed E-state index contributed by atoms with van der Waals surface area (Å²) in [5.41, 5.74) is 0.862. The van der Waals surface area contributed by atoms with Gasteiger partial charge in [-0.25, -0.2) is 14.6 Å². The first-order valence-electron chi connectivity index (χ1n) is 8.64. The van der Waals surface area contributed by atoms with Crippen molar-refractivity contribution in [2.75, 3.05) is 25.5 Å².